The van der Waals surface area contributed by atoms with Crippen molar-refractivity contribution in [3.05, 3.63) is 96.1 Å². The number of halogens is 2. The lowest BCUT2D eigenvalue weighted by atomic mass is 10.2. The highest BCUT2D eigenvalue weighted by Gasteiger charge is 2.17. The summed E-state index contributed by atoms with van der Waals surface area (Å²) in [6.45, 7) is 0.305. The van der Waals surface area contributed by atoms with Crippen molar-refractivity contribution in [3.63, 3.8) is 0 Å². The molecule has 0 aliphatic heterocycles. The van der Waals surface area contributed by atoms with Crippen LogP contribution in [-0.2, 0) is 11.3 Å². The molecule has 0 unspecified atom stereocenters. The summed E-state index contributed by atoms with van der Waals surface area (Å²) in [5, 5.41) is 11.9. The van der Waals surface area contributed by atoms with Crippen LogP contribution in [0, 0.1) is 11.6 Å². The van der Waals surface area contributed by atoms with Crippen molar-refractivity contribution in [2.75, 3.05) is 5.75 Å². The van der Waals surface area contributed by atoms with Gasteiger partial charge in [-0.2, -0.15) is 0 Å². The van der Waals surface area contributed by atoms with Crippen LogP contribution in [0.4, 0.5) is 8.78 Å². The number of rotatable bonds is 7. The second-order valence-electron chi connectivity index (χ2n) is 6.68. The van der Waals surface area contributed by atoms with Crippen LogP contribution in [0.15, 0.2) is 84.0 Å². The minimum atomic E-state index is -0.340. The molecule has 4 aromatic rings. The fraction of sp³-hybridized carbons (Fsp3) is 0.0870. The normalized spacial score (nSPS) is 10.8. The standard InChI is InChI=1S/C23H18F2N4OS/c24-18-8-6-16(7-9-18)14-26-21(30)15-31-23-28-27-22(17-4-2-1-3-5-17)29(23)20-12-10-19(25)11-13-20/h1-13H,14-15H2,(H,26,30). The van der Waals surface area contributed by atoms with Crippen molar-refractivity contribution in [2.45, 2.75) is 11.7 Å². The topological polar surface area (TPSA) is 59.8 Å². The van der Waals surface area contributed by atoms with E-state index < -0.39 is 0 Å². The summed E-state index contributed by atoms with van der Waals surface area (Å²) in [6, 6.07) is 21.5. The van der Waals surface area contributed by atoms with E-state index in [0.29, 0.717) is 23.2 Å². The molecule has 3 aromatic carbocycles. The third-order valence-corrected chi connectivity index (χ3v) is 5.41. The Morgan fingerprint density at radius 1 is 0.871 bits per heavy atom. The van der Waals surface area contributed by atoms with E-state index >= 15 is 0 Å². The maximum Gasteiger partial charge on any atom is 0.230 e. The van der Waals surface area contributed by atoms with E-state index in [2.05, 4.69) is 15.5 Å². The number of thioether (sulfide) groups is 1. The molecule has 1 amide bonds. The first kappa shape index (κ1) is 20.7. The largest absolute Gasteiger partial charge is 0.351 e. The van der Waals surface area contributed by atoms with Crippen LogP contribution in [0.25, 0.3) is 17.1 Å². The fourth-order valence-corrected chi connectivity index (χ4v) is 3.73. The molecule has 1 aromatic heterocycles. The number of hydrogen-bond donors (Lipinski definition) is 1. The lowest BCUT2D eigenvalue weighted by molar-refractivity contribution is -0.118. The number of aromatic nitrogens is 3. The van der Waals surface area contributed by atoms with Crippen LogP contribution >= 0.6 is 11.8 Å². The van der Waals surface area contributed by atoms with Gasteiger partial charge >= 0.3 is 0 Å². The summed E-state index contributed by atoms with van der Waals surface area (Å²) in [7, 11) is 0. The molecule has 4 rings (SSSR count). The van der Waals surface area contributed by atoms with Crippen LogP contribution in [0.5, 0.6) is 0 Å². The minimum Gasteiger partial charge on any atom is -0.351 e. The highest BCUT2D eigenvalue weighted by molar-refractivity contribution is 7.99. The van der Waals surface area contributed by atoms with Crippen molar-refractivity contribution >= 4 is 17.7 Å². The highest BCUT2D eigenvalue weighted by Crippen LogP contribution is 2.28. The van der Waals surface area contributed by atoms with Crippen LogP contribution in [0.3, 0.4) is 0 Å². The van der Waals surface area contributed by atoms with Gasteiger partial charge in [-0.1, -0.05) is 54.2 Å². The average Bonchev–Trinajstić information content (AvgIpc) is 3.22. The first-order chi connectivity index (χ1) is 15.1. The van der Waals surface area contributed by atoms with E-state index in [9.17, 15) is 13.6 Å². The number of amides is 1. The third kappa shape index (κ3) is 5.16. The zero-order chi connectivity index (χ0) is 21.6. The molecule has 5 nitrogen and oxygen atoms in total. The van der Waals surface area contributed by atoms with E-state index in [1.807, 2.05) is 30.3 Å². The molecule has 1 N–H and O–H groups in total. The van der Waals surface area contributed by atoms with Crippen LogP contribution in [0.1, 0.15) is 5.56 Å². The minimum absolute atomic E-state index is 0.120. The predicted molar refractivity (Wildman–Crippen MR) is 116 cm³/mol. The second kappa shape index (κ2) is 9.53. The van der Waals surface area contributed by atoms with Crippen molar-refractivity contribution in [2.24, 2.45) is 0 Å². The SMILES string of the molecule is O=C(CSc1nnc(-c2ccccc2)n1-c1ccc(F)cc1)NCc1ccc(F)cc1. The number of carbonyl (C=O) groups is 1. The molecule has 0 saturated heterocycles. The van der Waals surface area contributed by atoms with Gasteiger partial charge in [-0.3, -0.25) is 9.36 Å². The predicted octanol–water partition coefficient (Wildman–Crippen LogP) is 4.62. The smallest absolute Gasteiger partial charge is 0.230 e. The Balaban J connectivity index is 1.51. The Morgan fingerprint density at radius 3 is 2.19 bits per heavy atom. The monoisotopic (exact) mass is 436 g/mol. The Kier molecular flexibility index (Phi) is 6.37. The number of hydrogen-bond acceptors (Lipinski definition) is 4. The van der Waals surface area contributed by atoms with Gasteiger partial charge in [-0.05, 0) is 42.0 Å². The molecule has 0 saturated carbocycles. The van der Waals surface area contributed by atoms with Gasteiger partial charge in [0.15, 0.2) is 11.0 Å². The lowest BCUT2D eigenvalue weighted by Crippen LogP contribution is -2.24. The lowest BCUT2D eigenvalue weighted by Gasteiger charge is -2.10. The molecule has 0 radical (unpaired) electrons. The summed E-state index contributed by atoms with van der Waals surface area (Å²) < 4.78 is 28.2. The van der Waals surface area contributed by atoms with Gasteiger partial charge in [0.05, 0.1) is 5.75 Å². The molecule has 0 spiro atoms. The maximum atomic E-state index is 13.4. The van der Waals surface area contributed by atoms with Gasteiger partial charge in [0.2, 0.25) is 5.91 Å². The van der Waals surface area contributed by atoms with Gasteiger partial charge in [0.1, 0.15) is 11.6 Å². The first-order valence-electron chi connectivity index (χ1n) is 9.51. The number of nitrogens with zero attached hydrogens (tertiary/aromatic N) is 3. The molecular formula is C23H18F2N4OS. The summed E-state index contributed by atoms with van der Waals surface area (Å²) >= 11 is 1.23. The quantitative estimate of drug-likeness (QED) is 0.430. The average molecular weight is 436 g/mol. The van der Waals surface area contributed by atoms with Crippen LogP contribution in [-0.4, -0.2) is 26.4 Å². The number of nitrogens with one attached hydrogen (secondary N) is 1. The van der Waals surface area contributed by atoms with E-state index in [1.54, 1.807) is 28.8 Å². The molecule has 1 heterocycles. The molecule has 8 heteroatoms. The van der Waals surface area contributed by atoms with Gasteiger partial charge in [0.25, 0.3) is 0 Å². The Labute approximate surface area is 182 Å². The third-order valence-electron chi connectivity index (χ3n) is 4.49. The fourth-order valence-electron chi connectivity index (χ4n) is 2.94. The Bertz CT molecular complexity index is 1160. The second-order valence-corrected chi connectivity index (χ2v) is 7.62. The highest BCUT2D eigenvalue weighted by atomic mass is 32.2. The van der Waals surface area contributed by atoms with Crippen molar-refractivity contribution in [1.29, 1.82) is 0 Å². The summed E-state index contributed by atoms with van der Waals surface area (Å²) in [4.78, 5) is 12.3. The van der Waals surface area contributed by atoms with E-state index in [4.69, 9.17) is 0 Å². The van der Waals surface area contributed by atoms with Crippen LogP contribution < -0.4 is 5.32 Å². The summed E-state index contributed by atoms with van der Waals surface area (Å²) in [5.41, 5.74) is 2.35. The van der Waals surface area contributed by atoms with Crippen molar-refractivity contribution in [1.82, 2.24) is 20.1 Å². The van der Waals surface area contributed by atoms with Gasteiger partial charge in [-0.15, -0.1) is 10.2 Å². The van der Waals surface area contributed by atoms with Gasteiger partial charge < -0.3 is 5.32 Å². The number of carbonyl (C=O) groups excluding carboxylic acids is 1. The van der Waals surface area contributed by atoms with Crippen molar-refractivity contribution in [3.8, 4) is 17.1 Å². The molecule has 31 heavy (non-hydrogen) atoms. The molecule has 156 valence electrons. The summed E-state index contributed by atoms with van der Waals surface area (Å²) in [5.74, 6) is -0.131. The molecule has 0 aliphatic rings. The molecule has 0 bridgehead atoms. The first-order valence-corrected chi connectivity index (χ1v) is 10.5. The zero-order valence-corrected chi connectivity index (χ0v) is 17.2. The zero-order valence-electron chi connectivity index (χ0n) is 16.3. The molecule has 0 atom stereocenters. The maximum absolute atomic E-state index is 13.4. The van der Waals surface area contributed by atoms with Crippen LogP contribution in [0.2, 0.25) is 0 Å². The van der Waals surface area contributed by atoms with Gasteiger partial charge in [-0.25, -0.2) is 8.78 Å². The molecule has 0 fully saturated rings. The van der Waals surface area contributed by atoms with E-state index in [0.717, 1.165) is 11.1 Å². The van der Waals surface area contributed by atoms with E-state index in [1.165, 1.54) is 36.0 Å². The van der Waals surface area contributed by atoms with E-state index in [-0.39, 0.29) is 23.3 Å². The Morgan fingerprint density at radius 2 is 1.52 bits per heavy atom. The molecular weight excluding hydrogens is 418 g/mol. The number of benzene rings is 3. The Hall–Kier alpha value is -3.52. The summed E-state index contributed by atoms with van der Waals surface area (Å²) in [6.07, 6.45) is 0. The van der Waals surface area contributed by atoms with Crippen molar-refractivity contribution < 1.29 is 13.6 Å². The molecule has 0 aliphatic carbocycles. The van der Waals surface area contributed by atoms with Gasteiger partial charge in [0, 0.05) is 17.8 Å².